The van der Waals surface area contributed by atoms with E-state index < -0.39 is 0 Å². The minimum Gasteiger partial charge on any atom is -0.493 e. The van der Waals surface area contributed by atoms with Gasteiger partial charge in [-0.1, -0.05) is 30.3 Å². The number of amides is 1. The third kappa shape index (κ3) is 4.88. The van der Waals surface area contributed by atoms with Gasteiger partial charge in [-0.2, -0.15) is 0 Å². The van der Waals surface area contributed by atoms with E-state index in [9.17, 15) is 9.59 Å². The summed E-state index contributed by atoms with van der Waals surface area (Å²) in [5.74, 6) is 0.976. The zero-order chi connectivity index (χ0) is 19.9. The van der Waals surface area contributed by atoms with Gasteiger partial charge in [-0.3, -0.25) is 9.59 Å². The summed E-state index contributed by atoms with van der Waals surface area (Å²) < 4.78 is 11.0. The van der Waals surface area contributed by atoms with Crippen LogP contribution in [0.15, 0.2) is 60.7 Å². The summed E-state index contributed by atoms with van der Waals surface area (Å²) in [4.78, 5) is 23.6. The molecule has 5 nitrogen and oxygen atoms in total. The zero-order valence-electron chi connectivity index (χ0n) is 16.0. The van der Waals surface area contributed by atoms with Crippen molar-refractivity contribution in [1.29, 1.82) is 0 Å². The lowest BCUT2D eigenvalue weighted by molar-refractivity contribution is -0.116. The fraction of sp³-hybridized carbons (Fsp3) is 0.217. The molecule has 1 amide bonds. The number of ether oxygens (including phenoxy) is 2. The van der Waals surface area contributed by atoms with Gasteiger partial charge in [0.05, 0.1) is 13.7 Å². The molecule has 0 aliphatic rings. The van der Waals surface area contributed by atoms with Gasteiger partial charge in [-0.05, 0) is 54.4 Å². The van der Waals surface area contributed by atoms with Crippen molar-refractivity contribution in [2.75, 3.05) is 19.0 Å². The average molecular weight is 377 g/mol. The number of Topliss-reactive ketones (excluding diaryl/α,β-unsaturated/α-hetero) is 1. The van der Waals surface area contributed by atoms with E-state index in [0.717, 1.165) is 16.5 Å². The average Bonchev–Trinajstić information content (AvgIpc) is 2.71. The van der Waals surface area contributed by atoms with Crippen LogP contribution in [0.25, 0.3) is 10.8 Å². The van der Waals surface area contributed by atoms with Gasteiger partial charge in [0.15, 0.2) is 17.3 Å². The second-order valence-electron chi connectivity index (χ2n) is 6.48. The number of carbonyl (C=O) groups excluding carboxylic acids is 2. The van der Waals surface area contributed by atoms with Crippen molar-refractivity contribution >= 4 is 28.2 Å². The maximum absolute atomic E-state index is 12.2. The van der Waals surface area contributed by atoms with Crippen molar-refractivity contribution in [3.63, 3.8) is 0 Å². The topological polar surface area (TPSA) is 64.6 Å². The van der Waals surface area contributed by atoms with Gasteiger partial charge in [0, 0.05) is 17.7 Å². The highest BCUT2D eigenvalue weighted by atomic mass is 16.5. The van der Waals surface area contributed by atoms with E-state index in [2.05, 4.69) is 5.32 Å². The second-order valence-corrected chi connectivity index (χ2v) is 6.48. The van der Waals surface area contributed by atoms with Crippen LogP contribution >= 0.6 is 0 Å². The molecule has 0 aliphatic carbocycles. The first-order valence-electron chi connectivity index (χ1n) is 9.17. The summed E-state index contributed by atoms with van der Waals surface area (Å²) in [6, 6.07) is 18.9. The van der Waals surface area contributed by atoms with Crippen LogP contribution in [0.1, 0.15) is 30.1 Å². The van der Waals surface area contributed by atoms with Gasteiger partial charge in [0.25, 0.3) is 0 Å². The summed E-state index contributed by atoms with van der Waals surface area (Å²) >= 11 is 0. The van der Waals surface area contributed by atoms with Crippen LogP contribution in [0, 0.1) is 0 Å². The normalized spacial score (nSPS) is 10.5. The lowest BCUT2D eigenvalue weighted by Crippen LogP contribution is -2.12. The molecule has 1 N–H and O–H groups in total. The Hall–Kier alpha value is -3.34. The molecule has 0 saturated heterocycles. The summed E-state index contributed by atoms with van der Waals surface area (Å²) in [6.45, 7) is 1.88. The van der Waals surface area contributed by atoms with Crippen molar-refractivity contribution in [3.05, 3.63) is 66.2 Å². The third-order valence-corrected chi connectivity index (χ3v) is 4.41. The number of methoxy groups -OCH3 is 1. The van der Waals surface area contributed by atoms with Crippen molar-refractivity contribution in [3.8, 4) is 11.5 Å². The van der Waals surface area contributed by atoms with Crippen molar-refractivity contribution < 1.29 is 19.1 Å². The number of hydrogen-bond acceptors (Lipinski definition) is 4. The van der Waals surface area contributed by atoms with E-state index in [1.165, 1.54) is 14.0 Å². The van der Waals surface area contributed by atoms with Crippen LogP contribution in [0.4, 0.5) is 5.69 Å². The molecule has 0 spiro atoms. The minimum absolute atomic E-state index is 0.0322. The van der Waals surface area contributed by atoms with E-state index in [0.29, 0.717) is 36.5 Å². The third-order valence-electron chi connectivity index (χ3n) is 4.41. The van der Waals surface area contributed by atoms with E-state index in [1.54, 1.807) is 18.2 Å². The monoisotopic (exact) mass is 377 g/mol. The van der Waals surface area contributed by atoms with Crippen LogP contribution in [-0.4, -0.2) is 25.4 Å². The lowest BCUT2D eigenvalue weighted by Gasteiger charge is -2.11. The van der Waals surface area contributed by atoms with Gasteiger partial charge in [-0.15, -0.1) is 0 Å². The van der Waals surface area contributed by atoms with E-state index in [1.807, 2.05) is 42.5 Å². The van der Waals surface area contributed by atoms with E-state index >= 15 is 0 Å². The molecule has 0 aliphatic heterocycles. The number of rotatable bonds is 8. The molecule has 0 bridgehead atoms. The van der Waals surface area contributed by atoms with Gasteiger partial charge < -0.3 is 14.8 Å². The highest BCUT2D eigenvalue weighted by Crippen LogP contribution is 2.28. The Labute approximate surface area is 164 Å². The predicted octanol–water partition coefficient (Wildman–Crippen LogP) is 4.85. The Morgan fingerprint density at radius 3 is 2.46 bits per heavy atom. The first kappa shape index (κ1) is 19.4. The van der Waals surface area contributed by atoms with Crippen LogP contribution in [0.5, 0.6) is 11.5 Å². The Bertz CT molecular complexity index is 997. The molecule has 3 aromatic rings. The Kier molecular flexibility index (Phi) is 6.27. The van der Waals surface area contributed by atoms with Gasteiger partial charge in [0.1, 0.15) is 0 Å². The van der Waals surface area contributed by atoms with E-state index in [-0.39, 0.29) is 11.7 Å². The van der Waals surface area contributed by atoms with Gasteiger partial charge in [-0.25, -0.2) is 0 Å². The maximum Gasteiger partial charge on any atom is 0.224 e. The predicted molar refractivity (Wildman–Crippen MR) is 110 cm³/mol. The van der Waals surface area contributed by atoms with Crippen LogP contribution in [0.3, 0.4) is 0 Å². The molecule has 3 rings (SSSR count). The zero-order valence-corrected chi connectivity index (χ0v) is 16.0. The number of hydrogen-bond donors (Lipinski definition) is 1. The van der Waals surface area contributed by atoms with Crippen molar-refractivity contribution in [1.82, 2.24) is 0 Å². The SMILES string of the molecule is COc1cc(C(C)=O)ccc1OCCCC(=O)Nc1ccc2ccccc2c1. The fourth-order valence-electron chi connectivity index (χ4n) is 2.91. The summed E-state index contributed by atoms with van der Waals surface area (Å²) in [5.41, 5.74) is 1.35. The van der Waals surface area contributed by atoms with Gasteiger partial charge >= 0.3 is 0 Å². The number of benzene rings is 3. The summed E-state index contributed by atoms with van der Waals surface area (Å²) in [6.07, 6.45) is 0.914. The van der Waals surface area contributed by atoms with Crippen LogP contribution in [-0.2, 0) is 4.79 Å². The number of fused-ring (bicyclic) bond motifs is 1. The van der Waals surface area contributed by atoms with Crippen molar-refractivity contribution in [2.24, 2.45) is 0 Å². The lowest BCUT2D eigenvalue weighted by atomic mass is 10.1. The van der Waals surface area contributed by atoms with Crippen LogP contribution < -0.4 is 14.8 Å². The smallest absolute Gasteiger partial charge is 0.224 e. The summed E-state index contributed by atoms with van der Waals surface area (Å²) in [7, 11) is 1.53. The number of carbonyl (C=O) groups is 2. The fourth-order valence-corrected chi connectivity index (χ4v) is 2.91. The molecule has 0 fully saturated rings. The highest BCUT2D eigenvalue weighted by molar-refractivity contribution is 5.95. The molecule has 3 aromatic carbocycles. The molecule has 144 valence electrons. The molecule has 0 saturated carbocycles. The standard InChI is InChI=1S/C23H23NO4/c1-16(25)18-10-12-21(22(15-18)27-2)28-13-5-8-23(26)24-20-11-9-17-6-3-4-7-19(17)14-20/h3-4,6-7,9-12,14-15H,5,8,13H2,1-2H3,(H,24,26). The number of ketones is 1. The molecule has 0 heterocycles. The molecule has 0 radical (unpaired) electrons. The minimum atomic E-state index is -0.0576. The quantitative estimate of drug-likeness (QED) is 0.450. The number of nitrogens with one attached hydrogen (secondary N) is 1. The van der Waals surface area contributed by atoms with Crippen molar-refractivity contribution in [2.45, 2.75) is 19.8 Å². The molecule has 5 heteroatoms. The maximum atomic E-state index is 12.2. The van der Waals surface area contributed by atoms with Gasteiger partial charge in [0.2, 0.25) is 5.91 Å². The Morgan fingerprint density at radius 1 is 0.929 bits per heavy atom. The molecular weight excluding hydrogens is 354 g/mol. The first-order valence-corrected chi connectivity index (χ1v) is 9.17. The molecule has 0 aromatic heterocycles. The molecule has 28 heavy (non-hydrogen) atoms. The van der Waals surface area contributed by atoms with E-state index in [4.69, 9.17) is 9.47 Å². The second kappa shape index (κ2) is 9.04. The van der Waals surface area contributed by atoms with Crippen LogP contribution in [0.2, 0.25) is 0 Å². The highest BCUT2D eigenvalue weighted by Gasteiger charge is 2.09. The first-order chi connectivity index (χ1) is 13.6. The molecular formula is C23H23NO4. The molecule has 0 unspecified atom stereocenters. The molecule has 0 atom stereocenters. The summed E-state index contributed by atoms with van der Waals surface area (Å²) in [5, 5.41) is 5.14. The largest absolute Gasteiger partial charge is 0.493 e. The Balaban J connectivity index is 1.49. The number of anilines is 1. The Morgan fingerprint density at radius 2 is 1.71 bits per heavy atom.